The van der Waals surface area contributed by atoms with Crippen LogP contribution in [0.4, 0.5) is 0 Å². The molecule has 0 heterocycles. The largest absolute Gasteiger partial charge is 0.295 e. The molecule has 0 unspecified atom stereocenters. The molecule has 0 aromatic heterocycles. The number of ketones is 1. The molecule has 0 saturated heterocycles. The van der Waals surface area contributed by atoms with Crippen molar-refractivity contribution in [1.82, 2.24) is 0 Å². The first kappa shape index (κ1) is 13.5. The van der Waals surface area contributed by atoms with Gasteiger partial charge in [0.05, 0.1) is 0 Å². The summed E-state index contributed by atoms with van der Waals surface area (Å²) in [5, 5.41) is 0. The van der Waals surface area contributed by atoms with Gasteiger partial charge in [0, 0.05) is 35.6 Å². The third-order valence-corrected chi connectivity index (χ3v) is 2.41. The average Bonchev–Trinajstić information content (AvgIpc) is 1.62. The summed E-state index contributed by atoms with van der Waals surface area (Å²) in [6.07, 6.45) is 1.33. The van der Waals surface area contributed by atoms with Crippen molar-refractivity contribution in [1.29, 1.82) is 0 Å². The Hall–Kier alpha value is 0.917. The molecule has 0 aliphatic rings. The SMILES string of the molecule is C=CC(=O)C[Si](C)(C)Cl.[Na]. The number of hydrogen-bond donors (Lipinski definition) is 0. The molecule has 0 N–H and O–H groups in total. The molecule has 0 fully saturated rings. The van der Waals surface area contributed by atoms with E-state index in [4.69, 9.17) is 11.1 Å². The van der Waals surface area contributed by atoms with E-state index in [1.165, 1.54) is 6.08 Å². The van der Waals surface area contributed by atoms with Crippen LogP contribution >= 0.6 is 11.1 Å². The number of carbonyl (C=O) groups excluding carboxylic acids is 1. The number of hydrogen-bond acceptors (Lipinski definition) is 1. The van der Waals surface area contributed by atoms with Gasteiger partial charge in [-0.25, -0.2) is 0 Å². The van der Waals surface area contributed by atoms with Crippen molar-refractivity contribution >= 4 is 53.8 Å². The average molecular weight is 186 g/mol. The Morgan fingerprint density at radius 2 is 2.10 bits per heavy atom. The molecule has 0 spiro atoms. The van der Waals surface area contributed by atoms with Crippen molar-refractivity contribution in [2.75, 3.05) is 0 Å². The van der Waals surface area contributed by atoms with Gasteiger partial charge in [0.25, 0.3) is 0 Å². The maximum absolute atomic E-state index is 10.7. The van der Waals surface area contributed by atoms with E-state index in [0.29, 0.717) is 6.04 Å². The molecule has 0 aliphatic carbocycles. The molecule has 0 aliphatic heterocycles. The van der Waals surface area contributed by atoms with Crippen molar-refractivity contribution < 1.29 is 4.79 Å². The molecule has 0 amide bonds. The summed E-state index contributed by atoms with van der Waals surface area (Å²) >= 11 is 5.88. The van der Waals surface area contributed by atoms with Crippen LogP contribution in [0.3, 0.4) is 0 Å². The molecule has 0 aromatic carbocycles. The zero-order valence-electron chi connectivity index (χ0n) is 6.78. The Bertz CT molecular complexity index is 130. The van der Waals surface area contributed by atoms with Gasteiger partial charge in [0.15, 0.2) is 13.2 Å². The molecule has 0 bridgehead atoms. The molecule has 1 radical (unpaired) electrons. The van der Waals surface area contributed by atoms with Crippen LogP contribution in [0, 0.1) is 0 Å². The topological polar surface area (TPSA) is 17.1 Å². The summed E-state index contributed by atoms with van der Waals surface area (Å²) in [5.41, 5.74) is 0. The van der Waals surface area contributed by atoms with Crippen molar-refractivity contribution in [3.8, 4) is 0 Å². The van der Waals surface area contributed by atoms with Crippen LogP contribution in [0.1, 0.15) is 0 Å². The molecule has 4 heteroatoms. The fourth-order valence-electron chi connectivity index (χ4n) is 0.486. The van der Waals surface area contributed by atoms with Gasteiger partial charge in [0.2, 0.25) is 0 Å². The molecule has 0 aromatic rings. The van der Waals surface area contributed by atoms with Crippen LogP contribution in [0.2, 0.25) is 19.1 Å². The molecular weight excluding hydrogens is 175 g/mol. The fourth-order valence-corrected chi connectivity index (χ4v) is 1.85. The minimum Gasteiger partial charge on any atom is -0.295 e. The van der Waals surface area contributed by atoms with Crippen LogP contribution < -0.4 is 0 Å². The number of carbonyl (C=O) groups is 1. The Morgan fingerprint density at radius 3 is 2.20 bits per heavy atom. The van der Waals surface area contributed by atoms with E-state index >= 15 is 0 Å². The smallest absolute Gasteiger partial charge is 0.158 e. The zero-order valence-corrected chi connectivity index (χ0v) is 10.5. The third kappa shape index (κ3) is 8.92. The monoisotopic (exact) mass is 185 g/mol. The van der Waals surface area contributed by atoms with Gasteiger partial charge in [-0.2, -0.15) is 11.1 Å². The summed E-state index contributed by atoms with van der Waals surface area (Å²) in [5.74, 6) is 0.0571. The number of rotatable bonds is 3. The van der Waals surface area contributed by atoms with Gasteiger partial charge in [0.1, 0.15) is 0 Å². The van der Waals surface area contributed by atoms with Gasteiger partial charge >= 0.3 is 0 Å². The van der Waals surface area contributed by atoms with E-state index in [2.05, 4.69) is 6.58 Å². The summed E-state index contributed by atoms with van der Waals surface area (Å²) < 4.78 is 0. The zero-order chi connectivity index (χ0) is 7.49. The predicted molar refractivity (Wildman–Crippen MR) is 49.1 cm³/mol. The minimum absolute atomic E-state index is 0. The first-order valence-corrected chi connectivity index (χ1v) is 7.02. The maximum atomic E-state index is 10.7. The first-order chi connectivity index (χ1) is 3.95. The first-order valence-electron chi connectivity index (χ1n) is 2.80. The molecular formula is C6H11ClNaOSi. The normalized spacial score (nSPS) is 9.90. The molecule has 0 atom stereocenters. The van der Waals surface area contributed by atoms with Crippen molar-refractivity contribution in [3.05, 3.63) is 12.7 Å². The van der Waals surface area contributed by atoms with Crippen molar-refractivity contribution in [2.45, 2.75) is 19.1 Å². The second-order valence-corrected chi connectivity index (χ2v) is 9.43. The van der Waals surface area contributed by atoms with Gasteiger partial charge in [-0.15, -0.1) is 0 Å². The quantitative estimate of drug-likeness (QED) is 0.372. The minimum atomic E-state index is -1.69. The Balaban J connectivity index is 0. The number of allylic oxidation sites excluding steroid dienone is 1. The van der Waals surface area contributed by atoms with E-state index in [1.807, 2.05) is 13.1 Å². The summed E-state index contributed by atoms with van der Waals surface area (Å²) in [6.45, 7) is 7.24. The Morgan fingerprint density at radius 1 is 1.70 bits per heavy atom. The van der Waals surface area contributed by atoms with Crippen LogP contribution in [-0.2, 0) is 4.79 Å². The fraction of sp³-hybridized carbons (Fsp3) is 0.500. The van der Waals surface area contributed by atoms with Gasteiger partial charge < -0.3 is 0 Å². The summed E-state index contributed by atoms with van der Waals surface area (Å²) in [4.78, 5) is 10.7. The predicted octanol–water partition coefficient (Wildman–Crippen LogP) is 1.80. The standard InChI is InChI=1S/C6H11ClOSi.Na/c1-4-6(8)5-9(2,3)7;/h4H,1,5H2,2-3H3;. The van der Waals surface area contributed by atoms with E-state index in [0.717, 1.165) is 0 Å². The molecule has 10 heavy (non-hydrogen) atoms. The summed E-state index contributed by atoms with van der Waals surface area (Å²) in [6, 6.07) is 0.498. The maximum Gasteiger partial charge on any atom is 0.158 e. The number of halogens is 1. The second-order valence-electron chi connectivity index (χ2n) is 2.57. The van der Waals surface area contributed by atoms with Gasteiger partial charge in [-0.3, -0.25) is 4.79 Å². The van der Waals surface area contributed by atoms with E-state index < -0.39 is 7.38 Å². The summed E-state index contributed by atoms with van der Waals surface area (Å²) in [7, 11) is -1.69. The van der Waals surface area contributed by atoms with E-state index in [1.54, 1.807) is 0 Å². The van der Waals surface area contributed by atoms with E-state index in [9.17, 15) is 4.79 Å². The van der Waals surface area contributed by atoms with Gasteiger partial charge in [-0.1, -0.05) is 19.7 Å². The van der Waals surface area contributed by atoms with Crippen molar-refractivity contribution in [3.63, 3.8) is 0 Å². The van der Waals surface area contributed by atoms with Crippen LogP contribution in [-0.4, -0.2) is 42.7 Å². The van der Waals surface area contributed by atoms with Crippen LogP contribution in [0.15, 0.2) is 12.7 Å². The van der Waals surface area contributed by atoms with Gasteiger partial charge in [-0.05, 0) is 6.08 Å². The third-order valence-electron chi connectivity index (χ3n) is 0.822. The van der Waals surface area contributed by atoms with Crippen molar-refractivity contribution in [2.24, 2.45) is 0 Å². The van der Waals surface area contributed by atoms with Crippen LogP contribution in [0.25, 0.3) is 0 Å². The molecule has 0 rings (SSSR count). The molecule has 0 saturated carbocycles. The molecule has 53 valence electrons. The second kappa shape index (κ2) is 5.55. The Labute approximate surface area is 89.8 Å². The van der Waals surface area contributed by atoms with Crippen LogP contribution in [0.5, 0.6) is 0 Å². The Kier molecular flexibility index (Phi) is 7.50. The molecule has 1 nitrogen and oxygen atoms in total. The van der Waals surface area contributed by atoms with E-state index in [-0.39, 0.29) is 35.3 Å².